The van der Waals surface area contributed by atoms with Gasteiger partial charge in [-0.3, -0.25) is 14.9 Å². The van der Waals surface area contributed by atoms with E-state index in [9.17, 15) is 14.9 Å². The van der Waals surface area contributed by atoms with Crippen LogP contribution in [0.5, 0.6) is 0 Å². The highest BCUT2D eigenvalue weighted by Crippen LogP contribution is 2.27. The van der Waals surface area contributed by atoms with Gasteiger partial charge < -0.3 is 5.73 Å². The molecule has 0 spiro atoms. The molecule has 0 atom stereocenters. The highest BCUT2D eigenvalue weighted by molar-refractivity contribution is 9.10. The summed E-state index contributed by atoms with van der Waals surface area (Å²) < 4.78 is 0.500. The van der Waals surface area contributed by atoms with Gasteiger partial charge in [0.25, 0.3) is 5.69 Å². The number of nitrogens with zero attached hydrogens (tertiary/aromatic N) is 1. The minimum Gasteiger partial charge on any atom is -0.366 e. The van der Waals surface area contributed by atoms with E-state index in [1.165, 1.54) is 12.1 Å². The number of nitrogens with two attached hydrogens (primary N) is 1. The maximum absolute atomic E-state index is 10.8. The van der Waals surface area contributed by atoms with E-state index < -0.39 is 10.8 Å². The van der Waals surface area contributed by atoms with E-state index in [4.69, 9.17) is 5.73 Å². The quantitative estimate of drug-likeness (QED) is 0.648. The second-order valence-corrected chi connectivity index (χ2v) is 3.58. The molecular weight excluding hydrogens is 252 g/mol. The van der Waals surface area contributed by atoms with Gasteiger partial charge in [-0.15, -0.1) is 0 Å². The molecule has 1 aromatic carbocycles. The highest BCUT2D eigenvalue weighted by Gasteiger charge is 2.16. The topological polar surface area (TPSA) is 86.2 Å². The third-order valence-electron chi connectivity index (χ3n) is 1.80. The van der Waals surface area contributed by atoms with Gasteiger partial charge in [-0.05, 0) is 13.0 Å². The molecule has 0 unspecified atom stereocenters. The second kappa shape index (κ2) is 3.75. The maximum Gasteiger partial charge on any atom is 0.274 e. The van der Waals surface area contributed by atoms with E-state index in [0.717, 1.165) is 0 Å². The molecule has 0 aliphatic heterocycles. The number of benzene rings is 1. The summed E-state index contributed by atoms with van der Waals surface area (Å²) >= 11 is 3.12. The lowest BCUT2D eigenvalue weighted by atomic mass is 10.1. The van der Waals surface area contributed by atoms with Crippen LogP contribution in [0.15, 0.2) is 16.6 Å². The SMILES string of the molecule is Cc1c(Br)cc(C(N)=O)cc1[N+](=O)[O-]. The fourth-order valence-corrected chi connectivity index (χ4v) is 1.45. The number of nitro benzene ring substituents is 1. The van der Waals surface area contributed by atoms with Gasteiger partial charge in [0.1, 0.15) is 0 Å². The standard InChI is InChI=1S/C8H7BrN2O3/c1-4-6(9)2-5(8(10)12)3-7(4)11(13)14/h2-3H,1H3,(H2,10,12). The van der Waals surface area contributed by atoms with Crippen molar-refractivity contribution in [3.05, 3.63) is 37.8 Å². The number of primary amides is 1. The summed E-state index contributed by atoms with van der Waals surface area (Å²) in [5, 5.41) is 10.6. The molecule has 2 N–H and O–H groups in total. The maximum atomic E-state index is 10.8. The molecule has 0 saturated heterocycles. The lowest BCUT2D eigenvalue weighted by Gasteiger charge is -2.02. The zero-order valence-electron chi connectivity index (χ0n) is 7.28. The van der Waals surface area contributed by atoms with Crippen LogP contribution in [0.3, 0.4) is 0 Å². The third kappa shape index (κ3) is 1.90. The molecule has 0 aliphatic carbocycles. The van der Waals surface area contributed by atoms with Crippen molar-refractivity contribution in [2.75, 3.05) is 0 Å². The molecular formula is C8H7BrN2O3. The summed E-state index contributed by atoms with van der Waals surface area (Å²) in [6, 6.07) is 2.63. The van der Waals surface area contributed by atoms with Crippen LogP contribution in [0.4, 0.5) is 5.69 Å². The summed E-state index contributed by atoms with van der Waals surface area (Å²) in [4.78, 5) is 20.9. The molecule has 14 heavy (non-hydrogen) atoms. The molecule has 0 fully saturated rings. The summed E-state index contributed by atoms with van der Waals surface area (Å²) in [5.41, 5.74) is 5.49. The molecule has 0 aliphatic rings. The number of carbonyl (C=O) groups excluding carboxylic acids is 1. The van der Waals surface area contributed by atoms with Crippen molar-refractivity contribution < 1.29 is 9.72 Å². The molecule has 1 amide bonds. The Hall–Kier alpha value is -1.43. The Morgan fingerprint density at radius 3 is 2.57 bits per heavy atom. The zero-order valence-corrected chi connectivity index (χ0v) is 8.87. The van der Waals surface area contributed by atoms with Crippen LogP contribution >= 0.6 is 15.9 Å². The van der Waals surface area contributed by atoms with Crippen LogP contribution in [-0.4, -0.2) is 10.8 Å². The van der Waals surface area contributed by atoms with Crippen molar-refractivity contribution in [1.29, 1.82) is 0 Å². The minimum atomic E-state index is -0.686. The van der Waals surface area contributed by atoms with E-state index in [-0.39, 0.29) is 11.3 Å². The van der Waals surface area contributed by atoms with Gasteiger partial charge in [0.05, 0.1) is 4.92 Å². The number of hydrogen-bond acceptors (Lipinski definition) is 3. The monoisotopic (exact) mass is 258 g/mol. The molecule has 6 heteroatoms. The summed E-state index contributed by atoms with van der Waals surface area (Å²) in [6.45, 7) is 1.59. The van der Waals surface area contributed by atoms with Gasteiger partial charge in [0.15, 0.2) is 0 Å². The molecule has 74 valence electrons. The largest absolute Gasteiger partial charge is 0.366 e. The van der Waals surface area contributed by atoms with Crippen LogP contribution in [0.2, 0.25) is 0 Å². The average Bonchev–Trinajstić information content (AvgIpc) is 2.08. The van der Waals surface area contributed by atoms with Crippen LogP contribution < -0.4 is 5.73 Å². The summed E-state index contributed by atoms with van der Waals surface area (Å²) in [5.74, 6) is -0.686. The third-order valence-corrected chi connectivity index (χ3v) is 2.62. The minimum absolute atomic E-state index is 0.117. The van der Waals surface area contributed by atoms with Gasteiger partial charge in [0, 0.05) is 21.7 Å². The molecule has 0 heterocycles. The predicted molar refractivity (Wildman–Crippen MR) is 54.1 cm³/mol. The normalized spacial score (nSPS) is 9.86. The van der Waals surface area contributed by atoms with Crippen LogP contribution in [0.25, 0.3) is 0 Å². The number of carbonyl (C=O) groups is 1. The molecule has 0 bridgehead atoms. The molecule has 0 aromatic heterocycles. The number of nitro groups is 1. The van der Waals surface area contributed by atoms with Crippen molar-refractivity contribution in [2.24, 2.45) is 5.73 Å². The lowest BCUT2D eigenvalue weighted by Crippen LogP contribution is -2.11. The first kappa shape index (κ1) is 10.6. The van der Waals surface area contributed by atoms with Crippen molar-refractivity contribution in [3.8, 4) is 0 Å². The van der Waals surface area contributed by atoms with Crippen LogP contribution in [-0.2, 0) is 0 Å². The molecule has 1 rings (SSSR count). The predicted octanol–water partition coefficient (Wildman–Crippen LogP) is 1.76. The summed E-state index contributed by atoms with van der Waals surface area (Å²) in [6.07, 6.45) is 0. The average molecular weight is 259 g/mol. The van der Waals surface area contributed by atoms with E-state index in [2.05, 4.69) is 15.9 Å². The number of halogens is 1. The Kier molecular flexibility index (Phi) is 2.85. The molecule has 0 saturated carbocycles. The Labute approximate surface area is 88.2 Å². The van der Waals surface area contributed by atoms with Crippen LogP contribution in [0.1, 0.15) is 15.9 Å². The Morgan fingerprint density at radius 1 is 1.57 bits per heavy atom. The van der Waals surface area contributed by atoms with E-state index in [0.29, 0.717) is 10.0 Å². The zero-order chi connectivity index (χ0) is 10.9. The highest BCUT2D eigenvalue weighted by atomic mass is 79.9. The Morgan fingerprint density at radius 2 is 2.14 bits per heavy atom. The van der Waals surface area contributed by atoms with E-state index in [1.807, 2.05) is 0 Å². The van der Waals surface area contributed by atoms with Gasteiger partial charge in [-0.1, -0.05) is 15.9 Å². The van der Waals surface area contributed by atoms with Crippen LogP contribution in [0, 0.1) is 17.0 Å². The fraction of sp³-hybridized carbons (Fsp3) is 0.125. The summed E-state index contributed by atoms with van der Waals surface area (Å²) in [7, 11) is 0. The smallest absolute Gasteiger partial charge is 0.274 e. The number of rotatable bonds is 2. The van der Waals surface area contributed by atoms with E-state index >= 15 is 0 Å². The fourth-order valence-electron chi connectivity index (χ4n) is 0.996. The van der Waals surface area contributed by atoms with Crippen molar-refractivity contribution >= 4 is 27.5 Å². The number of amides is 1. The first-order valence-corrected chi connectivity index (χ1v) is 4.47. The first-order chi connectivity index (χ1) is 6.43. The molecule has 0 radical (unpaired) electrons. The Bertz CT molecular complexity index is 417. The lowest BCUT2D eigenvalue weighted by molar-refractivity contribution is -0.385. The van der Waals surface area contributed by atoms with Gasteiger partial charge in [-0.25, -0.2) is 0 Å². The van der Waals surface area contributed by atoms with Gasteiger partial charge >= 0.3 is 0 Å². The first-order valence-electron chi connectivity index (χ1n) is 3.68. The number of hydrogen-bond donors (Lipinski definition) is 1. The van der Waals surface area contributed by atoms with Crippen molar-refractivity contribution in [1.82, 2.24) is 0 Å². The van der Waals surface area contributed by atoms with Gasteiger partial charge in [0.2, 0.25) is 5.91 Å². The molecule has 1 aromatic rings. The van der Waals surface area contributed by atoms with Crippen molar-refractivity contribution in [3.63, 3.8) is 0 Å². The second-order valence-electron chi connectivity index (χ2n) is 2.72. The van der Waals surface area contributed by atoms with E-state index in [1.54, 1.807) is 6.92 Å². The van der Waals surface area contributed by atoms with Gasteiger partial charge in [-0.2, -0.15) is 0 Å². The Balaban J connectivity index is 3.43. The molecule has 5 nitrogen and oxygen atoms in total. The van der Waals surface area contributed by atoms with Crippen molar-refractivity contribution in [2.45, 2.75) is 6.92 Å².